The predicted octanol–water partition coefficient (Wildman–Crippen LogP) is 1.67. The standard InChI is InChI=1S/C15H12N2O5S2/c1-22-10-3-2-8(6-9(10)18)7-11-14(21)17(15(23)24-11)16-12(19)4-5-13(16)20/h2-3,6-7,18H,4-5H2,1H3/b11-7+. The maximum Gasteiger partial charge on any atom is 0.285 e. The van der Waals surface area contributed by atoms with Gasteiger partial charge in [-0.15, -0.1) is 0 Å². The maximum atomic E-state index is 12.5. The second-order valence-electron chi connectivity index (χ2n) is 5.02. The first-order valence-electron chi connectivity index (χ1n) is 6.93. The molecule has 3 amide bonds. The molecular weight excluding hydrogens is 352 g/mol. The maximum absolute atomic E-state index is 12.5. The Bertz CT molecular complexity index is 789. The van der Waals surface area contributed by atoms with E-state index in [1.54, 1.807) is 12.1 Å². The van der Waals surface area contributed by atoms with Crippen LogP contribution >= 0.6 is 24.0 Å². The minimum absolute atomic E-state index is 0.0633. The smallest absolute Gasteiger partial charge is 0.285 e. The van der Waals surface area contributed by atoms with Crippen LogP contribution in [0.15, 0.2) is 23.1 Å². The molecule has 2 fully saturated rings. The summed E-state index contributed by atoms with van der Waals surface area (Å²) in [4.78, 5) is 36.4. The van der Waals surface area contributed by atoms with Gasteiger partial charge in [0.25, 0.3) is 5.91 Å². The van der Waals surface area contributed by atoms with Gasteiger partial charge >= 0.3 is 0 Å². The number of ether oxygens (including phenoxy) is 1. The SMILES string of the molecule is COc1ccc(/C=C2/SC(=S)N(N3C(=O)CCC3=O)C2=O)cc1O. The Hall–Kier alpha value is -2.39. The van der Waals surface area contributed by atoms with Gasteiger partial charge in [0.15, 0.2) is 15.8 Å². The number of thiocarbonyl (C=S) groups is 1. The summed E-state index contributed by atoms with van der Waals surface area (Å²) in [5, 5.41) is 11.5. The van der Waals surface area contributed by atoms with Gasteiger partial charge in [-0.3, -0.25) is 14.4 Å². The first-order chi connectivity index (χ1) is 11.4. The third kappa shape index (κ3) is 2.76. The average Bonchev–Trinajstić information content (AvgIpc) is 2.99. The fraction of sp³-hybridized carbons (Fsp3) is 0.200. The summed E-state index contributed by atoms with van der Waals surface area (Å²) < 4.78 is 5.08. The molecule has 2 saturated heterocycles. The first-order valence-corrected chi connectivity index (χ1v) is 8.15. The highest BCUT2D eigenvalue weighted by molar-refractivity contribution is 8.26. The second kappa shape index (κ2) is 6.25. The van der Waals surface area contributed by atoms with Crippen LogP contribution in [0.2, 0.25) is 0 Å². The Labute approximate surface area is 146 Å². The second-order valence-corrected chi connectivity index (χ2v) is 6.70. The van der Waals surface area contributed by atoms with Gasteiger partial charge in [-0.05, 0) is 36.0 Å². The van der Waals surface area contributed by atoms with E-state index in [0.717, 1.165) is 21.8 Å². The van der Waals surface area contributed by atoms with Crippen molar-refractivity contribution in [2.45, 2.75) is 12.8 Å². The zero-order chi connectivity index (χ0) is 17.4. The van der Waals surface area contributed by atoms with Gasteiger partial charge in [0.2, 0.25) is 11.8 Å². The number of methoxy groups -OCH3 is 1. The summed E-state index contributed by atoms with van der Waals surface area (Å²) in [7, 11) is 1.43. The highest BCUT2D eigenvalue weighted by atomic mass is 32.2. The van der Waals surface area contributed by atoms with Crippen molar-refractivity contribution < 1.29 is 24.2 Å². The number of carbonyl (C=O) groups is 3. The topological polar surface area (TPSA) is 87.2 Å². The molecule has 0 bridgehead atoms. The number of carbonyl (C=O) groups excluding carboxylic acids is 3. The van der Waals surface area contributed by atoms with Crippen LogP contribution in [-0.2, 0) is 14.4 Å². The molecule has 24 heavy (non-hydrogen) atoms. The van der Waals surface area contributed by atoms with Crippen LogP contribution in [-0.4, -0.2) is 44.3 Å². The lowest BCUT2D eigenvalue weighted by atomic mass is 10.2. The number of nitrogens with zero attached hydrogens (tertiary/aromatic N) is 2. The highest BCUT2D eigenvalue weighted by Crippen LogP contribution is 2.36. The van der Waals surface area contributed by atoms with Gasteiger partial charge in [0.05, 0.1) is 12.0 Å². The average molecular weight is 364 g/mol. The number of aromatic hydroxyl groups is 1. The molecule has 0 spiro atoms. The first kappa shape index (κ1) is 16.5. The van der Waals surface area contributed by atoms with Crippen molar-refractivity contribution in [2.24, 2.45) is 0 Å². The van der Waals surface area contributed by atoms with Gasteiger partial charge in [0, 0.05) is 12.8 Å². The molecule has 124 valence electrons. The summed E-state index contributed by atoms with van der Waals surface area (Å²) in [6.07, 6.45) is 1.67. The highest BCUT2D eigenvalue weighted by Gasteiger charge is 2.44. The van der Waals surface area contributed by atoms with Gasteiger partial charge in [0.1, 0.15) is 0 Å². The van der Waals surface area contributed by atoms with Crippen molar-refractivity contribution in [3.63, 3.8) is 0 Å². The summed E-state index contributed by atoms with van der Waals surface area (Å²) in [5.41, 5.74) is 0.563. The lowest BCUT2D eigenvalue weighted by Crippen LogP contribution is -2.48. The van der Waals surface area contributed by atoms with Crippen LogP contribution in [0.3, 0.4) is 0 Å². The summed E-state index contributed by atoms with van der Waals surface area (Å²) >= 11 is 6.12. The third-order valence-corrected chi connectivity index (χ3v) is 4.78. The van der Waals surface area contributed by atoms with Crippen molar-refractivity contribution in [1.29, 1.82) is 0 Å². The van der Waals surface area contributed by atoms with Crippen molar-refractivity contribution >= 4 is 52.1 Å². The zero-order valence-electron chi connectivity index (χ0n) is 12.5. The van der Waals surface area contributed by atoms with Gasteiger partial charge in [-0.2, -0.15) is 10.0 Å². The lowest BCUT2D eigenvalue weighted by Gasteiger charge is -2.23. The minimum Gasteiger partial charge on any atom is -0.504 e. The summed E-state index contributed by atoms with van der Waals surface area (Å²) in [5.74, 6) is -1.18. The van der Waals surface area contributed by atoms with Crippen LogP contribution in [0.25, 0.3) is 6.08 Å². The quantitative estimate of drug-likeness (QED) is 0.496. The molecule has 2 heterocycles. The van der Waals surface area contributed by atoms with Gasteiger partial charge in [-0.25, -0.2) is 0 Å². The number of benzene rings is 1. The van der Waals surface area contributed by atoms with E-state index in [1.165, 1.54) is 19.3 Å². The van der Waals surface area contributed by atoms with E-state index in [2.05, 4.69) is 0 Å². The van der Waals surface area contributed by atoms with E-state index in [1.807, 2.05) is 0 Å². The number of hydrazine groups is 1. The molecule has 1 aromatic carbocycles. The number of imide groups is 1. The van der Waals surface area contributed by atoms with Crippen LogP contribution in [0.5, 0.6) is 11.5 Å². The Kier molecular flexibility index (Phi) is 4.29. The Balaban J connectivity index is 1.90. The monoisotopic (exact) mass is 364 g/mol. The molecule has 1 aromatic rings. The summed E-state index contributed by atoms with van der Waals surface area (Å²) in [6, 6.07) is 4.67. The zero-order valence-corrected chi connectivity index (χ0v) is 14.1. The van der Waals surface area contributed by atoms with Crippen molar-refractivity contribution in [1.82, 2.24) is 10.0 Å². The van der Waals surface area contributed by atoms with E-state index in [4.69, 9.17) is 17.0 Å². The van der Waals surface area contributed by atoms with Crippen molar-refractivity contribution in [2.75, 3.05) is 7.11 Å². The van der Waals surface area contributed by atoms with E-state index < -0.39 is 17.7 Å². The predicted molar refractivity (Wildman–Crippen MR) is 90.8 cm³/mol. The number of rotatable bonds is 3. The van der Waals surface area contributed by atoms with Crippen LogP contribution in [0, 0.1) is 0 Å². The summed E-state index contributed by atoms with van der Waals surface area (Å²) in [6.45, 7) is 0. The van der Waals surface area contributed by atoms with Gasteiger partial charge in [-0.1, -0.05) is 17.8 Å². The number of thioether (sulfide) groups is 1. The molecule has 1 N–H and O–H groups in total. The number of hydrogen-bond acceptors (Lipinski definition) is 7. The number of phenolic OH excluding ortho intramolecular Hbond substituents is 1. The molecule has 3 rings (SSSR count). The Morgan fingerprint density at radius 2 is 1.88 bits per heavy atom. The molecule has 0 aliphatic carbocycles. The molecule has 2 aliphatic heterocycles. The number of phenols is 1. The molecule has 9 heteroatoms. The number of hydrogen-bond donors (Lipinski definition) is 1. The molecule has 0 aromatic heterocycles. The molecule has 7 nitrogen and oxygen atoms in total. The van der Waals surface area contributed by atoms with E-state index in [-0.39, 0.29) is 27.8 Å². The minimum atomic E-state index is -0.538. The molecular formula is C15H12N2O5S2. The van der Waals surface area contributed by atoms with Crippen LogP contribution < -0.4 is 4.74 Å². The van der Waals surface area contributed by atoms with Crippen molar-refractivity contribution in [3.8, 4) is 11.5 Å². The van der Waals surface area contributed by atoms with E-state index in [0.29, 0.717) is 11.3 Å². The normalized spacial score (nSPS) is 19.8. The largest absolute Gasteiger partial charge is 0.504 e. The van der Waals surface area contributed by atoms with Crippen LogP contribution in [0.4, 0.5) is 0 Å². The fourth-order valence-electron chi connectivity index (χ4n) is 2.37. The Morgan fingerprint density at radius 3 is 2.46 bits per heavy atom. The fourth-order valence-corrected chi connectivity index (χ4v) is 3.61. The third-order valence-electron chi connectivity index (χ3n) is 3.50. The number of amides is 3. The van der Waals surface area contributed by atoms with E-state index in [9.17, 15) is 19.5 Å². The molecule has 0 saturated carbocycles. The lowest BCUT2D eigenvalue weighted by molar-refractivity contribution is -0.157. The molecule has 0 radical (unpaired) electrons. The van der Waals surface area contributed by atoms with Crippen molar-refractivity contribution in [3.05, 3.63) is 28.7 Å². The van der Waals surface area contributed by atoms with Gasteiger partial charge < -0.3 is 9.84 Å². The molecule has 2 aliphatic rings. The van der Waals surface area contributed by atoms with Crippen LogP contribution in [0.1, 0.15) is 18.4 Å². The molecule has 0 atom stereocenters. The van der Waals surface area contributed by atoms with E-state index >= 15 is 0 Å². The Morgan fingerprint density at radius 1 is 1.21 bits per heavy atom. The molecule has 0 unspecified atom stereocenters.